The number of methoxy groups -OCH3 is 1. The predicted molar refractivity (Wildman–Crippen MR) is 127 cm³/mol. The number of aromatic hydroxyl groups is 3. The number of aliphatic hydroxyl groups is 3. The highest BCUT2D eigenvalue weighted by atomic mass is 16.7. The number of fused-ring (bicyclic) bond motifs is 1. The first-order chi connectivity index (χ1) is 18.5. The Balaban J connectivity index is 1.65. The third kappa shape index (κ3) is 5.93. The summed E-state index contributed by atoms with van der Waals surface area (Å²) in [6.45, 7) is -0.659. The highest BCUT2D eigenvalue weighted by molar-refractivity contribution is 5.90. The fraction of sp³-hybridized carbons (Fsp3) is 0.360. The molecule has 2 aromatic rings. The minimum atomic E-state index is -1.82. The van der Waals surface area contributed by atoms with Crippen LogP contribution in [0.15, 0.2) is 36.1 Å². The number of hydrogen-bond donors (Lipinski definition) is 7. The predicted octanol–water partition coefficient (Wildman–Crippen LogP) is 0.129. The lowest BCUT2D eigenvalue weighted by molar-refractivity contribution is -0.294. The molecule has 39 heavy (non-hydrogen) atoms. The van der Waals surface area contributed by atoms with Gasteiger partial charge in [-0.1, -0.05) is 6.07 Å². The largest absolute Gasteiger partial charge is 0.508 e. The van der Waals surface area contributed by atoms with E-state index in [2.05, 4.69) is 0 Å². The molecule has 2 aliphatic rings. The molecule has 1 saturated heterocycles. The number of carboxylic acids is 1. The standard InChI is InChI=1S/C25H26O14/c1-35-16-4-10(2-3-13(16)27)24-17(7-12-14(28)5-11(26)6-15(12)37-24)38-25-23(34)22(33)21(32)18(39-25)9-36-20(31)8-19(29)30/h2-7,18,21-28,32-34H,8-9H2,1H3,(H,29,30). The number of benzene rings is 2. The molecule has 0 aromatic heterocycles. The molecule has 7 N–H and O–H groups in total. The van der Waals surface area contributed by atoms with Gasteiger partial charge in [-0.25, -0.2) is 0 Å². The summed E-state index contributed by atoms with van der Waals surface area (Å²) in [6, 6.07) is 6.56. The molecule has 0 radical (unpaired) electrons. The zero-order chi connectivity index (χ0) is 28.4. The first-order valence-electron chi connectivity index (χ1n) is 11.5. The third-order valence-electron chi connectivity index (χ3n) is 6.03. The van der Waals surface area contributed by atoms with Crippen LogP contribution in [0.5, 0.6) is 28.7 Å². The third-order valence-corrected chi connectivity index (χ3v) is 6.03. The van der Waals surface area contributed by atoms with Gasteiger partial charge in [-0.3, -0.25) is 9.59 Å². The Hall–Kier alpha value is -4.24. The highest BCUT2D eigenvalue weighted by Gasteiger charge is 2.46. The van der Waals surface area contributed by atoms with Crippen molar-refractivity contribution in [2.45, 2.75) is 43.2 Å². The van der Waals surface area contributed by atoms with Crippen LogP contribution in [0.1, 0.15) is 23.7 Å². The highest BCUT2D eigenvalue weighted by Crippen LogP contribution is 2.45. The molecule has 14 nitrogen and oxygen atoms in total. The van der Waals surface area contributed by atoms with Crippen LogP contribution in [-0.4, -0.2) is 92.1 Å². The van der Waals surface area contributed by atoms with Crippen molar-refractivity contribution in [1.29, 1.82) is 0 Å². The summed E-state index contributed by atoms with van der Waals surface area (Å²) < 4.78 is 27.3. The normalized spacial score (nSPS) is 26.0. The van der Waals surface area contributed by atoms with E-state index in [4.69, 9.17) is 28.8 Å². The van der Waals surface area contributed by atoms with Crippen molar-refractivity contribution in [2.75, 3.05) is 13.7 Å². The second-order valence-corrected chi connectivity index (χ2v) is 8.74. The SMILES string of the molecule is COc1cc(C2Oc3cc(O)cc(O)c3C=C2OC2OC(COC(=O)CC(=O)O)C(O)C(O)C2O)ccc1O. The van der Waals surface area contributed by atoms with Crippen molar-refractivity contribution in [1.82, 2.24) is 0 Å². The lowest BCUT2D eigenvalue weighted by atomic mass is 9.98. The second-order valence-electron chi connectivity index (χ2n) is 8.74. The van der Waals surface area contributed by atoms with Gasteiger partial charge in [0, 0.05) is 17.7 Å². The van der Waals surface area contributed by atoms with Gasteiger partial charge < -0.3 is 59.4 Å². The molecule has 0 saturated carbocycles. The van der Waals surface area contributed by atoms with E-state index in [0.29, 0.717) is 5.56 Å². The van der Waals surface area contributed by atoms with Crippen molar-refractivity contribution in [3.05, 3.63) is 47.2 Å². The van der Waals surface area contributed by atoms with Gasteiger partial charge in [-0.2, -0.15) is 0 Å². The molecule has 210 valence electrons. The number of rotatable bonds is 8. The molecule has 2 aromatic carbocycles. The van der Waals surface area contributed by atoms with E-state index in [1.807, 2.05) is 0 Å². The van der Waals surface area contributed by atoms with Gasteiger partial charge in [0.05, 0.1) is 12.7 Å². The summed E-state index contributed by atoms with van der Waals surface area (Å²) in [5, 5.41) is 70.2. The maximum atomic E-state index is 11.6. The van der Waals surface area contributed by atoms with Crippen LogP contribution in [0.2, 0.25) is 0 Å². The summed E-state index contributed by atoms with van der Waals surface area (Å²) in [5.74, 6) is -3.26. The average molecular weight is 550 g/mol. The summed E-state index contributed by atoms with van der Waals surface area (Å²) in [6.07, 6.45) is -9.14. The van der Waals surface area contributed by atoms with E-state index in [9.17, 15) is 40.2 Å². The lowest BCUT2D eigenvalue weighted by Crippen LogP contribution is -2.59. The molecule has 4 rings (SSSR count). The summed E-state index contributed by atoms with van der Waals surface area (Å²) in [5.41, 5.74) is 0.476. The van der Waals surface area contributed by atoms with Crippen LogP contribution >= 0.6 is 0 Å². The van der Waals surface area contributed by atoms with Crippen molar-refractivity contribution in [3.63, 3.8) is 0 Å². The van der Waals surface area contributed by atoms with Gasteiger partial charge in [0.25, 0.3) is 0 Å². The van der Waals surface area contributed by atoms with Crippen LogP contribution in [0.4, 0.5) is 0 Å². The van der Waals surface area contributed by atoms with Crippen molar-refractivity contribution in [2.24, 2.45) is 0 Å². The number of esters is 1. The molecule has 0 spiro atoms. The summed E-state index contributed by atoms with van der Waals surface area (Å²) in [4.78, 5) is 22.3. The number of carbonyl (C=O) groups is 2. The molecular weight excluding hydrogens is 524 g/mol. The van der Waals surface area contributed by atoms with Crippen LogP contribution in [-0.2, 0) is 23.8 Å². The van der Waals surface area contributed by atoms with Crippen LogP contribution in [0.25, 0.3) is 6.08 Å². The molecule has 0 aliphatic carbocycles. The molecule has 2 heterocycles. The quantitative estimate of drug-likeness (QED) is 0.171. The fourth-order valence-electron chi connectivity index (χ4n) is 4.06. The van der Waals surface area contributed by atoms with Gasteiger partial charge in [0.1, 0.15) is 60.5 Å². The summed E-state index contributed by atoms with van der Waals surface area (Å²) in [7, 11) is 1.33. The number of phenolic OH excluding ortho intramolecular Hbond substituents is 3. The van der Waals surface area contributed by atoms with E-state index < -0.39 is 61.8 Å². The van der Waals surface area contributed by atoms with E-state index in [0.717, 1.165) is 6.07 Å². The Bertz CT molecular complexity index is 1270. The molecule has 2 aliphatic heterocycles. The number of phenols is 3. The molecule has 0 bridgehead atoms. The number of aliphatic hydroxyl groups excluding tert-OH is 3. The first-order valence-corrected chi connectivity index (χ1v) is 11.5. The lowest BCUT2D eigenvalue weighted by Gasteiger charge is -2.41. The minimum Gasteiger partial charge on any atom is -0.508 e. The van der Waals surface area contributed by atoms with Gasteiger partial charge in [-0.15, -0.1) is 0 Å². The first kappa shape index (κ1) is 27.8. The molecule has 0 amide bonds. The molecule has 1 fully saturated rings. The number of carbonyl (C=O) groups excluding carboxylic acids is 1. The average Bonchev–Trinajstić information content (AvgIpc) is 2.88. The number of aliphatic carboxylic acids is 1. The molecule has 6 unspecified atom stereocenters. The van der Waals surface area contributed by atoms with Gasteiger partial charge >= 0.3 is 11.9 Å². The van der Waals surface area contributed by atoms with Gasteiger partial charge in [-0.05, 0) is 18.2 Å². The van der Waals surface area contributed by atoms with Gasteiger partial charge in [0.2, 0.25) is 6.29 Å². The number of hydrogen-bond acceptors (Lipinski definition) is 13. The van der Waals surface area contributed by atoms with Crippen LogP contribution < -0.4 is 9.47 Å². The van der Waals surface area contributed by atoms with E-state index in [1.54, 1.807) is 0 Å². The van der Waals surface area contributed by atoms with Crippen LogP contribution in [0.3, 0.4) is 0 Å². The van der Waals surface area contributed by atoms with Gasteiger partial charge in [0.15, 0.2) is 17.6 Å². The topological polar surface area (TPSA) is 222 Å². The zero-order valence-corrected chi connectivity index (χ0v) is 20.3. The number of ether oxygens (including phenoxy) is 5. The van der Waals surface area contributed by atoms with E-state index in [-0.39, 0.29) is 40.1 Å². The molecule has 14 heteroatoms. The number of carboxylic acid groups (broad SMARTS) is 1. The molecule has 6 atom stereocenters. The Morgan fingerprint density at radius 3 is 2.41 bits per heavy atom. The fourth-order valence-corrected chi connectivity index (χ4v) is 4.06. The van der Waals surface area contributed by atoms with Crippen LogP contribution in [0, 0.1) is 0 Å². The van der Waals surface area contributed by atoms with E-state index >= 15 is 0 Å². The minimum absolute atomic E-state index is 0.0644. The summed E-state index contributed by atoms with van der Waals surface area (Å²) >= 11 is 0. The van der Waals surface area contributed by atoms with Crippen molar-refractivity contribution >= 4 is 18.0 Å². The maximum absolute atomic E-state index is 11.6. The Morgan fingerprint density at radius 1 is 0.974 bits per heavy atom. The smallest absolute Gasteiger partial charge is 0.317 e. The molecular formula is C25H26O14. The Labute approximate surface area is 220 Å². The Kier molecular flexibility index (Phi) is 8.01. The Morgan fingerprint density at radius 2 is 1.72 bits per heavy atom. The maximum Gasteiger partial charge on any atom is 0.317 e. The van der Waals surface area contributed by atoms with Crippen molar-refractivity contribution < 1.29 is 69.0 Å². The van der Waals surface area contributed by atoms with Crippen molar-refractivity contribution in [3.8, 4) is 28.7 Å². The zero-order valence-electron chi connectivity index (χ0n) is 20.3. The van der Waals surface area contributed by atoms with E-state index in [1.165, 1.54) is 37.5 Å². The second kappa shape index (κ2) is 11.2. The monoisotopic (exact) mass is 550 g/mol.